The van der Waals surface area contributed by atoms with Crippen LogP contribution in [0.3, 0.4) is 0 Å². The summed E-state index contributed by atoms with van der Waals surface area (Å²) in [6.45, 7) is 10.2. The number of nitrogens with two attached hydrogens (primary N) is 1. The van der Waals surface area contributed by atoms with Gasteiger partial charge in [0.2, 0.25) is 0 Å². The topological polar surface area (TPSA) is 41.7 Å². The Hall–Kier alpha value is -0.160. The Balaban J connectivity index is 1.38. The third kappa shape index (κ3) is 3.98. The molecule has 1 aliphatic carbocycles. The molecular formula is C17H33N3O. The molecule has 4 nitrogen and oxygen atoms in total. The molecule has 0 aromatic carbocycles. The Labute approximate surface area is 130 Å². The Morgan fingerprint density at radius 1 is 1.10 bits per heavy atom. The van der Waals surface area contributed by atoms with Crippen molar-refractivity contribution in [3.63, 3.8) is 0 Å². The van der Waals surface area contributed by atoms with E-state index in [2.05, 4.69) is 16.7 Å². The first-order valence-electron chi connectivity index (χ1n) is 9.02. The SMILES string of the molecule is CC(CN)CN1CCN(CC2CCC3(CCCC3)O2)CC1. The Morgan fingerprint density at radius 2 is 1.76 bits per heavy atom. The molecule has 3 fully saturated rings. The largest absolute Gasteiger partial charge is 0.370 e. The van der Waals surface area contributed by atoms with Crippen molar-refractivity contribution >= 4 is 0 Å². The number of hydrogen-bond donors (Lipinski definition) is 1. The number of piperazine rings is 1. The summed E-state index contributed by atoms with van der Waals surface area (Å²) in [5.74, 6) is 0.622. The van der Waals surface area contributed by atoms with Crippen LogP contribution in [-0.4, -0.2) is 67.3 Å². The van der Waals surface area contributed by atoms with E-state index in [1.165, 1.54) is 64.7 Å². The van der Waals surface area contributed by atoms with Gasteiger partial charge in [-0.15, -0.1) is 0 Å². The molecule has 1 spiro atoms. The van der Waals surface area contributed by atoms with Crippen LogP contribution < -0.4 is 5.73 Å². The second-order valence-corrected chi connectivity index (χ2v) is 7.61. The fraction of sp³-hybridized carbons (Fsp3) is 1.00. The first kappa shape index (κ1) is 15.7. The zero-order valence-electron chi connectivity index (χ0n) is 13.7. The van der Waals surface area contributed by atoms with Crippen LogP contribution in [0.15, 0.2) is 0 Å². The van der Waals surface area contributed by atoms with Gasteiger partial charge in [0, 0.05) is 39.3 Å². The van der Waals surface area contributed by atoms with Gasteiger partial charge in [-0.2, -0.15) is 0 Å². The first-order valence-corrected chi connectivity index (χ1v) is 9.02. The molecule has 0 radical (unpaired) electrons. The summed E-state index contributed by atoms with van der Waals surface area (Å²) in [6.07, 6.45) is 8.48. The third-order valence-corrected chi connectivity index (χ3v) is 5.75. The van der Waals surface area contributed by atoms with Gasteiger partial charge in [0.25, 0.3) is 0 Å². The van der Waals surface area contributed by atoms with E-state index in [9.17, 15) is 0 Å². The highest BCUT2D eigenvalue weighted by Gasteiger charge is 2.42. The van der Waals surface area contributed by atoms with E-state index < -0.39 is 0 Å². The maximum Gasteiger partial charge on any atom is 0.0710 e. The third-order valence-electron chi connectivity index (χ3n) is 5.75. The van der Waals surface area contributed by atoms with E-state index in [4.69, 9.17) is 10.5 Å². The highest BCUT2D eigenvalue weighted by molar-refractivity contribution is 4.93. The first-order chi connectivity index (χ1) is 10.2. The Bertz CT molecular complexity index is 322. The maximum atomic E-state index is 6.45. The second-order valence-electron chi connectivity index (χ2n) is 7.61. The fourth-order valence-electron chi connectivity index (χ4n) is 4.37. The van der Waals surface area contributed by atoms with Crippen molar-refractivity contribution in [2.24, 2.45) is 11.7 Å². The van der Waals surface area contributed by atoms with Crippen LogP contribution in [0.1, 0.15) is 45.4 Å². The summed E-state index contributed by atoms with van der Waals surface area (Å²) in [6, 6.07) is 0. The monoisotopic (exact) mass is 295 g/mol. The highest BCUT2D eigenvalue weighted by Crippen LogP contribution is 2.43. The number of rotatable bonds is 5. The van der Waals surface area contributed by atoms with E-state index in [-0.39, 0.29) is 0 Å². The van der Waals surface area contributed by atoms with E-state index in [0.29, 0.717) is 17.6 Å². The Morgan fingerprint density at radius 3 is 2.43 bits per heavy atom. The standard InChI is InChI=1S/C17H33N3O/c1-15(12-18)13-19-8-10-20(11-9-19)14-16-4-7-17(21-16)5-2-3-6-17/h15-16H,2-14,18H2,1H3. The van der Waals surface area contributed by atoms with Crippen molar-refractivity contribution < 1.29 is 4.74 Å². The lowest BCUT2D eigenvalue weighted by Crippen LogP contribution is -2.50. The molecule has 2 aliphatic heterocycles. The predicted molar refractivity (Wildman–Crippen MR) is 86.4 cm³/mol. The van der Waals surface area contributed by atoms with Gasteiger partial charge in [0.05, 0.1) is 11.7 Å². The van der Waals surface area contributed by atoms with Crippen LogP contribution in [0.5, 0.6) is 0 Å². The van der Waals surface area contributed by atoms with Gasteiger partial charge in [0.1, 0.15) is 0 Å². The normalized spacial score (nSPS) is 32.0. The average molecular weight is 295 g/mol. The molecule has 0 aromatic heterocycles. The van der Waals surface area contributed by atoms with Crippen LogP contribution in [-0.2, 0) is 4.74 Å². The predicted octanol–water partition coefficient (Wildman–Crippen LogP) is 1.69. The minimum Gasteiger partial charge on any atom is -0.370 e. The summed E-state index contributed by atoms with van der Waals surface area (Å²) in [7, 11) is 0. The van der Waals surface area contributed by atoms with Crippen LogP contribution in [0.2, 0.25) is 0 Å². The number of nitrogens with zero attached hydrogens (tertiary/aromatic N) is 2. The van der Waals surface area contributed by atoms with Gasteiger partial charge < -0.3 is 15.4 Å². The van der Waals surface area contributed by atoms with Crippen molar-refractivity contribution in [2.75, 3.05) is 45.8 Å². The van der Waals surface area contributed by atoms with Crippen molar-refractivity contribution in [3.8, 4) is 0 Å². The van der Waals surface area contributed by atoms with Crippen molar-refractivity contribution in [2.45, 2.75) is 57.2 Å². The molecule has 0 amide bonds. The van der Waals surface area contributed by atoms with Crippen LogP contribution >= 0.6 is 0 Å². The van der Waals surface area contributed by atoms with E-state index in [0.717, 1.165) is 19.6 Å². The number of hydrogen-bond acceptors (Lipinski definition) is 4. The Kier molecular flexibility index (Phi) is 5.20. The zero-order valence-corrected chi connectivity index (χ0v) is 13.7. The van der Waals surface area contributed by atoms with E-state index in [1.807, 2.05) is 0 Å². The van der Waals surface area contributed by atoms with E-state index in [1.54, 1.807) is 0 Å². The molecule has 2 saturated heterocycles. The van der Waals surface area contributed by atoms with Gasteiger partial charge in [-0.05, 0) is 38.1 Å². The van der Waals surface area contributed by atoms with Crippen LogP contribution in [0.4, 0.5) is 0 Å². The van der Waals surface area contributed by atoms with Crippen molar-refractivity contribution in [1.82, 2.24) is 9.80 Å². The quantitative estimate of drug-likeness (QED) is 0.838. The summed E-state index contributed by atoms with van der Waals surface area (Å²) >= 11 is 0. The minimum absolute atomic E-state index is 0.295. The van der Waals surface area contributed by atoms with Gasteiger partial charge in [-0.25, -0.2) is 0 Å². The molecule has 0 bridgehead atoms. The zero-order chi connectivity index (χ0) is 14.7. The highest BCUT2D eigenvalue weighted by atomic mass is 16.5. The molecule has 4 heteroatoms. The molecule has 3 rings (SSSR count). The molecule has 2 N–H and O–H groups in total. The fourth-order valence-corrected chi connectivity index (χ4v) is 4.37. The van der Waals surface area contributed by atoms with E-state index >= 15 is 0 Å². The summed E-state index contributed by atoms with van der Waals surface area (Å²) in [5, 5.41) is 0. The molecule has 3 aliphatic rings. The molecule has 2 heterocycles. The molecule has 122 valence electrons. The molecule has 2 atom stereocenters. The van der Waals surface area contributed by atoms with Gasteiger partial charge >= 0.3 is 0 Å². The molecular weight excluding hydrogens is 262 g/mol. The van der Waals surface area contributed by atoms with Crippen LogP contribution in [0.25, 0.3) is 0 Å². The lowest BCUT2D eigenvalue weighted by atomic mass is 9.98. The summed E-state index contributed by atoms with van der Waals surface area (Å²) < 4.78 is 6.45. The lowest BCUT2D eigenvalue weighted by Gasteiger charge is -2.37. The maximum absolute atomic E-state index is 6.45. The molecule has 2 unspecified atom stereocenters. The molecule has 1 saturated carbocycles. The summed E-state index contributed by atoms with van der Waals surface area (Å²) in [4.78, 5) is 5.18. The molecule has 21 heavy (non-hydrogen) atoms. The second kappa shape index (κ2) is 6.95. The lowest BCUT2D eigenvalue weighted by molar-refractivity contribution is -0.0511. The van der Waals surface area contributed by atoms with Gasteiger partial charge in [0.15, 0.2) is 0 Å². The van der Waals surface area contributed by atoms with Crippen molar-refractivity contribution in [3.05, 3.63) is 0 Å². The molecule has 0 aromatic rings. The van der Waals surface area contributed by atoms with Gasteiger partial charge in [-0.3, -0.25) is 4.90 Å². The average Bonchev–Trinajstić information content (AvgIpc) is 3.11. The van der Waals surface area contributed by atoms with Crippen molar-refractivity contribution in [1.29, 1.82) is 0 Å². The summed E-state index contributed by atoms with van der Waals surface area (Å²) in [5.41, 5.74) is 6.02. The van der Waals surface area contributed by atoms with Crippen LogP contribution in [0, 0.1) is 5.92 Å². The number of ether oxygens (including phenoxy) is 1. The van der Waals surface area contributed by atoms with Gasteiger partial charge in [-0.1, -0.05) is 19.8 Å². The smallest absolute Gasteiger partial charge is 0.0710 e. The minimum atomic E-state index is 0.295.